The Bertz CT molecular complexity index is 1080. The summed E-state index contributed by atoms with van der Waals surface area (Å²) in [6.07, 6.45) is 0.758. The van der Waals surface area contributed by atoms with E-state index in [0.29, 0.717) is 17.8 Å². The molecule has 7 heteroatoms. The number of hydrogen-bond donors (Lipinski definition) is 2. The fourth-order valence-corrected chi connectivity index (χ4v) is 3.25. The van der Waals surface area contributed by atoms with Gasteiger partial charge in [0, 0.05) is 23.3 Å². The van der Waals surface area contributed by atoms with Gasteiger partial charge in [0.2, 0.25) is 0 Å². The highest BCUT2D eigenvalue weighted by Crippen LogP contribution is 2.15. The number of nitrogens with zero attached hydrogens (tertiary/aromatic N) is 2. The first-order chi connectivity index (χ1) is 14.3. The quantitative estimate of drug-likeness (QED) is 0.620. The molecule has 0 aliphatic carbocycles. The van der Waals surface area contributed by atoms with E-state index in [1.807, 2.05) is 50.2 Å². The maximum absolute atomic E-state index is 13.1. The largest absolute Gasteiger partial charge is 0.322 e. The number of benzene rings is 2. The molecule has 0 saturated carbocycles. The van der Waals surface area contributed by atoms with Gasteiger partial charge in [-0.25, -0.2) is 9.18 Å². The lowest BCUT2D eigenvalue weighted by Gasteiger charge is -2.24. The zero-order chi connectivity index (χ0) is 21.7. The number of pyridine rings is 1. The van der Waals surface area contributed by atoms with Crippen LogP contribution in [-0.2, 0) is 6.54 Å². The molecule has 3 rings (SSSR count). The molecule has 0 saturated heterocycles. The number of hydrogen-bond acceptors (Lipinski definition) is 3. The van der Waals surface area contributed by atoms with E-state index in [1.165, 1.54) is 24.3 Å². The SMILES string of the molecule is Cc1ccc2cc(CN(CCCN(C)C)C(=O)Nc3ccc(F)cc3)c(=O)[nH]c2c1. The summed E-state index contributed by atoms with van der Waals surface area (Å²) in [6.45, 7) is 3.45. The monoisotopic (exact) mass is 410 g/mol. The molecule has 3 aromatic rings. The molecule has 0 atom stereocenters. The van der Waals surface area contributed by atoms with Gasteiger partial charge in [0.05, 0.1) is 6.54 Å². The zero-order valence-electron chi connectivity index (χ0n) is 17.5. The van der Waals surface area contributed by atoms with E-state index in [-0.39, 0.29) is 24.0 Å². The van der Waals surface area contributed by atoms with Gasteiger partial charge in [-0.2, -0.15) is 0 Å². The second-order valence-electron chi connectivity index (χ2n) is 7.73. The Balaban J connectivity index is 1.82. The number of urea groups is 1. The molecule has 0 bridgehead atoms. The second kappa shape index (κ2) is 9.54. The summed E-state index contributed by atoms with van der Waals surface area (Å²) in [7, 11) is 3.94. The highest BCUT2D eigenvalue weighted by molar-refractivity contribution is 5.89. The summed E-state index contributed by atoms with van der Waals surface area (Å²) in [4.78, 5) is 32.1. The number of amides is 2. The van der Waals surface area contributed by atoms with Crippen molar-refractivity contribution in [3.63, 3.8) is 0 Å². The summed E-state index contributed by atoms with van der Waals surface area (Å²) in [5.41, 5.74) is 2.65. The van der Waals surface area contributed by atoms with Crippen molar-refractivity contribution in [2.24, 2.45) is 0 Å². The Morgan fingerprint density at radius 1 is 1.07 bits per heavy atom. The maximum atomic E-state index is 13.1. The van der Waals surface area contributed by atoms with Gasteiger partial charge < -0.3 is 20.1 Å². The van der Waals surface area contributed by atoms with E-state index in [0.717, 1.165) is 29.4 Å². The van der Waals surface area contributed by atoms with Crippen LogP contribution in [0.25, 0.3) is 10.9 Å². The predicted molar refractivity (Wildman–Crippen MR) is 118 cm³/mol. The number of anilines is 1. The molecule has 6 nitrogen and oxygen atoms in total. The molecule has 1 heterocycles. The summed E-state index contributed by atoms with van der Waals surface area (Å²) < 4.78 is 13.1. The molecule has 158 valence electrons. The highest BCUT2D eigenvalue weighted by Gasteiger charge is 2.16. The van der Waals surface area contributed by atoms with Crippen LogP contribution in [0.1, 0.15) is 17.5 Å². The lowest BCUT2D eigenvalue weighted by molar-refractivity contribution is 0.205. The highest BCUT2D eigenvalue weighted by atomic mass is 19.1. The summed E-state index contributed by atoms with van der Waals surface area (Å²) >= 11 is 0. The van der Waals surface area contributed by atoms with Crippen LogP contribution in [0.4, 0.5) is 14.9 Å². The van der Waals surface area contributed by atoms with E-state index < -0.39 is 0 Å². The Morgan fingerprint density at radius 2 is 1.80 bits per heavy atom. The first-order valence-corrected chi connectivity index (χ1v) is 9.90. The average molecular weight is 410 g/mol. The van der Waals surface area contributed by atoms with Gasteiger partial charge in [-0.05, 0) is 81.3 Å². The summed E-state index contributed by atoms with van der Waals surface area (Å²) in [5.74, 6) is -0.367. The first-order valence-electron chi connectivity index (χ1n) is 9.90. The molecule has 2 aromatic carbocycles. The minimum absolute atomic E-state index is 0.180. The van der Waals surface area contributed by atoms with Crippen LogP contribution >= 0.6 is 0 Å². The van der Waals surface area contributed by atoms with Gasteiger partial charge in [0.15, 0.2) is 0 Å². The fraction of sp³-hybridized carbons (Fsp3) is 0.304. The van der Waals surface area contributed by atoms with E-state index in [2.05, 4.69) is 10.3 Å². The van der Waals surface area contributed by atoms with Gasteiger partial charge in [0.1, 0.15) is 5.82 Å². The predicted octanol–water partition coefficient (Wildman–Crippen LogP) is 3.96. The van der Waals surface area contributed by atoms with Crippen LogP contribution in [0, 0.1) is 12.7 Å². The van der Waals surface area contributed by atoms with Crippen molar-refractivity contribution in [3.05, 3.63) is 75.8 Å². The van der Waals surface area contributed by atoms with Crippen molar-refractivity contribution in [2.45, 2.75) is 19.9 Å². The molecule has 0 unspecified atom stereocenters. The Morgan fingerprint density at radius 3 is 2.50 bits per heavy atom. The molecular weight excluding hydrogens is 383 g/mol. The first kappa shape index (κ1) is 21.5. The van der Waals surface area contributed by atoms with Crippen molar-refractivity contribution in [1.29, 1.82) is 0 Å². The zero-order valence-corrected chi connectivity index (χ0v) is 17.5. The molecular formula is C23H27FN4O2. The number of halogens is 1. The number of H-pyrrole nitrogens is 1. The lowest BCUT2D eigenvalue weighted by Crippen LogP contribution is -2.37. The normalized spacial score (nSPS) is 11.1. The standard InChI is InChI=1S/C23H27FN4O2/c1-16-5-6-17-14-18(22(29)26-21(17)13-16)15-28(12-4-11-27(2)3)23(30)25-20-9-7-19(24)8-10-20/h5-10,13-14H,4,11-12,15H2,1-3H3,(H,25,30)(H,26,29). The van der Waals surface area contributed by atoms with Crippen LogP contribution in [0.5, 0.6) is 0 Å². The van der Waals surface area contributed by atoms with Crippen LogP contribution in [0.15, 0.2) is 53.3 Å². The number of aromatic nitrogens is 1. The van der Waals surface area contributed by atoms with Crippen LogP contribution in [0.2, 0.25) is 0 Å². The maximum Gasteiger partial charge on any atom is 0.322 e. The summed E-state index contributed by atoms with van der Waals surface area (Å²) in [5, 5.41) is 3.71. The minimum atomic E-state index is -0.367. The summed E-state index contributed by atoms with van der Waals surface area (Å²) in [6, 6.07) is 13.0. The van der Waals surface area contributed by atoms with Crippen molar-refractivity contribution in [1.82, 2.24) is 14.8 Å². The third-order valence-corrected chi connectivity index (χ3v) is 4.86. The fourth-order valence-electron chi connectivity index (χ4n) is 3.25. The van der Waals surface area contributed by atoms with Crippen molar-refractivity contribution in [3.8, 4) is 0 Å². The lowest BCUT2D eigenvalue weighted by atomic mass is 10.1. The van der Waals surface area contributed by atoms with Crippen molar-refractivity contribution < 1.29 is 9.18 Å². The van der Waals surface area contributed by atoms with E-state index in [1.54, 1.807) is 4.90 Å². The average Bonchev–Trinajstić information content (AvgIpc) is 2.69. The number of fused-ring (bicyclic) bond motifs is 1. The van der Waals surface area contributed by atoms with Gasteiger partial charge >= 0.3 is 6.03 Å². The smallest absolute Gasteiger partial charge is 0.322 e. The molecule has 2 N–H and O–H groups in total. The number of carbonyl (C=O) groups excluding carboxylic acids is 1. The van der Waals surface area contributed by atoms with Gasteiger partial charge in [-0.3, -0.25) is 4.79 Å². The molecule has 0 aliphatic rings. The number of aromatic amines is 1. The number of rotatable bonds is 7. The third kappa shape index (κ3) is 5.67. The third-order valence-electron chi connectivity index (χ3n) is 4.86. The van der Waals surface area contributed by atoms with Gasteiger partial charge in [-0.15, -0.1) is 0 Å². The minimum Gasteiger partial charge on any atom is -0.322 e. The number of aryl methyl sites for hydroxylation is 1. The van der Waals surface area contributed by atoms with Gasteiger partial charge in [0.25, 0.3) is 5.56 Å². The molecule has 2 amide bonds. The molecule has 0 radical (unpaired) electrons. The van der Waals surface area contributed by atoms with Crippen molar-refractivity contribution in [2.75, 3.05) is 32.5 Å². The number of nitrogens with one attached hydrogen (secondary N) is 2. The topological polar surface area (TPSA) is 68.4 Å². The van der Waals surface area contributed by atoms with E-state index in [4.69, 9.17) is 0 Å². The van der Waals surface area contributed by atoms with Crippen LogP contribution in [-0.4, -0.2) is 48.0 Å². The molecule has 0 spiro atoms. The van der Waals surface area contributed by atoms with E-state index >= 15 is 0 Å². The van der Waals surface area contributed by atoms with Crippen molar-refractivity contribution >= 4 is 22.6 Å². The van der Waals surface area contributed by atoms with Gasteiger partial charge in [-0.1, -0.05) is 12.1 Å². The van der Waals surface area contributed by atoms with E-state index in [9.17, 15) is 14.0 Å². The molecule has 0 fully saturated rings. The van der Waals surface area contributed by atoms with Crippen LogP contribution < -0.4 is 10.9 Å². The van der Waals surface area contributed by atoms with Crippen LogP contribution in [0.3, 0.4) is 0 Å². The second-order valence-corrected chi connectivity index (χ2v) is 7.73. The molecule has 0 aliphatic heterocycles. The number of carbonyl (C=O) groups is 1. The Hall–Kier alpha value is -3.19. The molecule has 1 aromatic heterocycles. The Kier molecular flexibility index (Phi) is 6.84. The molecule has 30 heavy (non-hydrogen) atoms. The Labute approximate surface area is 175 Å².